The second-order valence-corrected chi connectivity index (χ2v) is 5.28. The van der Waals surface area contributed by atoms with E-state index < -0.39 is 0 Å². The van der Waals surface area contributed by atoms with Gasteiger partial charge in [0.05, 0.1) is 7.11 Å². The van der Waals surface area contributed by atoms with Gasteiger partial charge in [-0.2, -0.15) is 0 Å². The van der Waals surface area contributed by atoms with E-state index in [4.69, 9.17) is 10.5 Å². The van der Waals surface area contributed by atoms with Crippen LogP contribution in [0.1, 0.15) is 18.9 Å². The molecule has 2 aromatic carbocycles. The van der Waals surface area contributed by atoms with Crippen LogP contribution < -0.4 is 10.5 Å². The van der Waals surface area contributed by atoms with Gasteiger partial charge in [-0.25, -0.2) is 0 Å². The minimum absolute atomic E-state index is 0.636. The van der Waals surface area contributed by atoms with Gasteiger partial charge in [-0.1, -0.05) is 49.4 Å². The van der Waals surface area contributed by atoms with Crippen molar-refractivity contribution in [3.05, 3.63) is 54.1 Å². The van der Waals surface area contributed by atoms with Crippen molar-refractivity contribution in [1.29, 1.82) is 0 Å². The van der Waals surface area contributed by atoms with Crippen LogP contribution >= 0.6 is 0 Å². The number of hydrogen-bond acceptors (Lipinski definition) is 2. The number of methoxy groups -OCH3 is 1. The standard InChI is InChI=1S/C18H23NO/c1-14(11-12-19)13-15-7-9-16(10-8-15)17-5-3-4-6-18(17)20-2/h3-10,14H,11-13,19H2,1-2H3. The van der Waals surface area contributed by atoms with E-state index in [9.17, 15) is 0 Å². The summed E-state index contributed by atoms with van der Waals surface area (Å²) in [5, 5.41) is 0. The minimum Gasteiger partial charge on any atom is -0.496 e. The van der Waals surface area contributed by atoms with E-state index in [1.165, 1.54) is 11.1 Å². The molecule has 0 aliphatic heterocycles. The van der Waals surface area contributed by atoms with Crippen LogP contribution in [0.4, 0.5) is 0 Å². The number of nitrogens with two attached hydrogens (primary N) is 1. The van der Waals surface area contributed by atoms with Gasteiger partial charge >= 0.3 is 0 Å². The van der Waals surface area contributed by atoms with Crippen molar-refractivity contribution in [2.24, 2.45) is 11.7 Å². The van der Waals surface area contributed by atoms with Gasteiger partial charge < -0.3 is 10.5 Å². The third kappa shape index (κ3) is 3.61. The Hall–Kier alpha value is -1.80. The summed E-state index contributed by atoms with van der Waals surface area (Å²) in [6.45, 7) is 3.02. The third-order valence-corrected chi connectivity index (χ3v) is 3.62. The fourth-order valence-electron chi connectivity index (χ4n) is 2.49. The first-order chi connectivity index (χ1) is 9.74. The van der Waals surface area contributed by atoms with Gasteiger partial charge in [0.1, 0.15) is 5.75 Å². The van der Waals surface area contributed by atoms with Crippen molar-refractivity contribution in [3.63, 3.8) is 0 Å². The van der Waals surface area contributed by atoms with Gasteiger partial charge in [0, 0.05) is 5.56 Å². The normalized spacial score (nSPS) is 12.2. The maximum atomic E-state index is 5.60. The quantitative estimate of drug-likeness (QED) is 0.863. The zero-order valence-corrected chi connectivity index (χ0v) is 12.3. The lowest BCUT2D eigenvalue weighted by Gasteiger charge is -2.12. The van der Waals surface area contributed by atoms with Crippen LogP contribution in [-0.4, -0.2) is 13.7 Å². The minimum atomic E-state index is 0.636. The monoisotopic (exact) mass is 269 g/mol. The summed E-state index contributed by atoms with van der Waals surface area (Å²) < 4.78 is 5.41. The molecule has 0 heterocycles. The average Bonchev–Trinajstić information content (AvgIpc) is 2.48. The molecule has 0 bridgehead atoms. The van der Waals surface area contributed by atoms with E-state index in [1.54, 1.807) is 7.11 Å². The Morgan fingerprint density at radius 3 is 2.40 bits per heavy atom. The Morgan fingerprint density at radius 1 is 1.05 bits per heavy atom. The van der Waals surface area contributed by atoms with E-state index in [0.29, 0.717) is 5.92 Å². The molecule has 2 N–H and O–H groups in total. The first-order valence-electron chi connectivity index (χ1n) is 7.17. The average molecular weight is 269 g/mol. The number of rotatable bonds is 6. The summed E-state index contributed by atoms with van der Waals surface area (Å²) in [6, 6.07) is 16.9. The van der Waals surface area contributed by atoms with Crippen LogP contribution in [0.5, 0.6) is 5.75 Å². The van der Waals surface area contributed by atoms with Crippen molar-refractivity contribution in [2.45, 2.75) is 19.8 Å². The van der Waals surface area contributed by atoms with Gasteiger partial charge in [0.2, 0.25) is 0 Å². The zero-order chi connectivity index (χ0) is 14.4. The van der Waals surface area contributed by atoms with Gasteiger partial charge in [0.15, 0.2) is 0 Å². The van der Waals surface area contributed by atoms with Crippen LogP contribution in [0.2, 0.25) is 0 Å². The van der Waals surface area contributed by atoms with Crippen molar-refractivity contribution in [2.75, 3.05) is 13.7 Å². The van der Waals surface area contributed by atoms with Crippen molar-refractivity contribution >= 4 is 0 Å². The predicted octanol–water partition coefficient (Wildman–Crippen LogP) is 3.89. The smallest absolute Gasteiger partial charge is 0.126 e. The highest BCUT2D eigenvalue weighted by atomic mass is 16.5. The van der Waals surface area contributed by atoms with E-state index in [0.717, 1.165) is 30.7 Å². The molecule has 0 aliphatic rings. The highest BCUT2D eigenvalue weighted by Crippen LogP contribution is 2.29. The SMILES string of the molecule is COc1ccccc1-c1ccc(CC(C)CCN)cc1. The van der Waals surface area contributed by atoms with Crippen LogP contribution in [0.25, 0.3) is 11.1 Å². The summed E-state index contributed by atoms with van der Waals surface area (Å²) in [5.74, 6) is 1.55. The van der Waals surface area contributed by atoms with Crippen LogP contribution in [-0.2, 0) is 6.42 Å². The highest BCUT2D eigenvalue weighted by molar-refractivity contribution is 5.70. The van der Waals surface area contributed by atoms with Crippen molar-refractivity contribution < 1.29 is 4.74 Å². The second kappa shape index (κ2) is 7.11. The molecule has 20 heavy (non-hydrogen) atoms. The van der Waals surface area contributed by atoms with Crippen LogP contribution in [0.15, 0.2) is 48.5 Å². The summed E-state index contributed by atoms with van der Waals surface area (Å²) in [6.07, 6.45) is 2.16. The summed E-state index contributed by atoms with van der Waals surface area (Å²) in [5.41, 5.74) is 9.29. The zero-order valence-electron chi connectivity index (χ0n) is 12.3. The lowest BCUT2D eigenvalue weighted by Crippen LogP contribution is -2.07. The molecule has 0 amide bonds. The Labute approximate surface area is 121 Å². The van der Waals surface area contributed by atoms with Gasteiger partial charge in [0.25, 0.3) is 0 Å². The molecule has 0 aliphatic carbocycles. The molecule has 0 saturated heterocycles. The van der Waals surface area contributed by atoms with E-state index >= 15 is 0 Å². The maximum Gasteiger partial charge on any atom is 0.126 e. The second-order valence-electron chi connectivity index (χ2n) is 5.28. The lowest BCUT2D eigenvalue weighted by atomic mass is 9.96. The van der Waals surface area contributed by atoms with Gasteiger partial charge in [-0.3, -0.25) is 0 Å². The van der Waals surface area contributed by atoms with Crippen LogP contribution in [0.3, 0.4) is 0 Å². The number of ether oxygens (including phenoxy) is 1. The largest absolute Gasteiger partial charge is 0.496 e. The molecule has 2 nitrogen and oxygen atoms in total. The maximum absolute atomic E-state index is 5.60. The molecule has 2 rings (SSSR count). The Balaban J connectivity index is 2.15. The fourth-order valence-corrected chi connectivity index (χ4v) is 2.49. The molecule has 0 saturated carbocycles. The molecular formula is C18H23NO. The Kier molecular flexibility index (Phi) is 5.19. The molecule has 0 fully saturated rings. The lowest BCUT2D eigenvalue weighted by molar-refractivity contribution is 0.416. The van der Waals surface area contributed by atoms with Gasteiger partial charge in [-0.15, -0.1) is 0 Å². The summed E-state index contributed by atoms with van der Waals surface area (Å²) >= 11 is 0. The van der Waals surface area contributed by atoms with Crippen molar-refractivity contribution in [1.82, 2.24) is 0 Å². The molecule has 2 aromatic rings. The molecule has 0 spiro atoms. The third-order valence-electron chi connectivity index (χ3n) is 3.62. The van der Waals surface area contributed by atoms with Crippen LogP contribution in [0, 0.1) is 5.92 Å². The molecule has 1 unspecified atom stereocenters. The highest BCUT2D eigenvalue weighted by Gasteiger charge is 2.06. The molecule has 2 heteroatoms. The molecule has 0 aromatic heterocycles. The van der Waals surface area contributed by atoms with Crippen molar-refractivity contribution in [3.8, 4) is 16.9 Å². The molecule has 106 valence electrons. The molecular weight excluding hydrogens is 246 g/mol. The Morgan fingerprint density at radius 2 is 1.75 bits per heavy atom. The number of hydrogen-bond donors (Lipinski definition) is 1. The molecule has 1 atom stereocenters. The topological polar surface area (TPSA) is 35.2 Å². The summed E-state index contributed by atoms with van der Waals surface area (Å²) in [4.78, 5) is 0. The van der Waals surface area contributed by atoms with E-state index in [-0.39, 0.29) is 0 Å². The predicted molar refractivity (Wildman–Crippen MR) is 85.0 cm³/mol. The summed E-state index contributed by atoms with van der Waals surface area (Å²) in [7, 11) is 1.71. The first kappa shape index (κ1) is 14.6. The van der Waals surface area contributed by atoms with E-state index in [1.807, 2.05) is 18.2 Å². The number of benzene rings is 2. The first-order valence-corrected chi connectivity index (χ1v) is 7.17. The van der Waals surface area contributed by atoms with Gasteiger partial charge in [-0.05, 0) is 42.5 Å². The van der Waals surface area contributed by atoms with E-state index in [2.05, 4.69) is 37.3 Å². The fraction of sp³-hybridized carbons (Fsp3) is 0.333. The Bertz CT molecular complexity index is 533. The number of para-hydroxylation sites is 1. The molecule has 0 radical (unpaired) electrons.